The number of alkyl halides is 3. The number of piperazine rings is 1. The molecule has 1 fully saturated rings. The van der Waals surface area contributed by atoms with Gasteiger partial charge in [0, 0.05) is 50.4 Å². The van der Waals surface area contributed by atoms with Crippen molar-refractivity contribution in [2.75, 3.05) is 36.4 Å². The fourth-order valence-corrected chi connectivity index (χ4v) is 6.65. The largest absolute Gasteiger partial charge is 0.504 e. The van der Waals surface area contributed by atoms with E-state index < -0.39 is 41.5 Å². The van der Waals surface area contributed by atoms with Crippen LogP contribution in [0, 0.1) is 12.7 Å². The van der Waals surface area contributed by atoms with Crippen molar-refractivity contribution in [3.05, 3.63) is 86.7 Å². The zero-order chi connectivity index (χ0) is 38.6. The first-order valence-corrected chi connectivity index (χ1v) is 16.9. The molecular formula is C34H30ClF4N11O4. The van der Waals surface area contributed by atoms with Gasteiger partial charge in [-0.15, -0.1) is 5.10 Å². The van der Waals surface area contributed by atoms with Gasteiger partial charge in [0.2, 0.25) is 11.7 Å². The van der Waals surface area contributed by atoms with Crippen molar-refractivity contribution in [1.29, 1.82) is 0 Å². The summed E-state index contributed by atoms with van der Waals surface area (Å²) < 4.78 is 58.8. The third-order valence-corrected chi connectivity index (χ3v) is 9.37. The smallest absolute Gasteiger partial charge is 0.416 e. The van der Waals surface area contributed by atoms with E-state index in [9.17, 15) is 32.7 Å². The average molecular weight is 768 g/mol. The van der Waals surface area contributed by atoms with E-state index in [0.717, 1.165) is 16.6 Å². The van der Waals surface area contributed by atoms with E-state index in [1.807, 2.05) is 0 Å². The molecule has 0 aliphatic carbocycles. The van der Waals surface area contributed by atoms with Crippen LogP contribution in [0.5, 0.6) is 5.75 Å². The Hall–Kier alpha value is -6.11. The SMILES string of the molecule is CCc1c(N2CCN(C(=O)c3ncnc(C)c3O)CC2)c(=O)n2nc(-c3cc(F)c4nn(C)cc4c3)nc2n1CC(=O)Nc1ccc(C(F)(F)F)cc1Cl. The Labute approximate surface area is 307 Å². The van der Waals surface area contributed by atoms with Gasteiger partial charge in [0.25, 0.3) is 11.5 Å². The van der Waals surface area contributed by atoms with Gasteiger partial charge in [-0.3, -0.25) is 19.1 Å². The van der Waals surface area contributed by atoms with Gasteiger partial charge in [-0.25, -0.2) is 14.4 Å². The monoisotopic (exact) mass is 767 g/mol. The number of hydrogen-bond acceptors (Lipinski definition) is 10. The number of aryl methyl sites for hydroxylation is 2. The zero-order valence-electron chi connectivity index (χ0n) is 28.8. The van der Waals surface area contributed by atoms with Crippen LogP contribution in [0.3, 0.4) is 0 Å². The highest BCUT2D eigenvalue weighted by molar-refractivity contribution is 6.33. The van der Waals surface area contributed by atoms with Crippen LogP contribution in [0.4, 0.5) is 28.9 Å². The lowest BCUT2D eigenvalue weighted by Gasteiger charge is -2.36. The van der Waals surface area contributed by atoms with Crippen LogP contribution in [0.15, 0.2) is 47.7 Å². The summed E-state index contributed by atoms with van der Waals surface area (Å²) in [6, 6.07) is 5.33. The summed E-state index contributed by atoms with van der Waals surface area (Å²) in [7, 11) is 1.64. The third kappa shape index (κ3) is 6.54. The van der Waals surface area contributed by atoms with Gasteiger partial charge in [0.1, 0.15) is 24.1 Å². The normalized spacial score (nSPS) is 13.6. The number of fused-ring (bicyclic) bond motifs is 2. The fourth-order valence-electron chi connectivity index (χ4n) is 6.43. The molecule has 20 heteroatoms. The van der Waals surface area contributed by atoms with Gasteiger partial charge < -0.3 is 24.8 Å². The lowest BCUT2D eigenvalue weighted by molar-refractivity contribution is -0.137. The Morgan fingerprint density at radius 3 is 2.48 bits per heavy atom. The molecule has 0 atom stereocenters. The van der Waals surface area contributed by atoms with Gasteiger partial charge in [0.05, 0.1) is 27.7 Å². The van der Waals surface area contributed by atoms with Crippen LogP contribution in [0.25, 0.3) is 28.1 Å². The topological polar surface area (TPSA) is 169 Å². The van der Waals surface area contributed by atoms with Crippen LogP contribution in [0.2, 0.25) is 5.02 Å². The van der Waals surface area contributed by atoms with Crippen molar-refractivity contribution in [3.63, 3.8) is 0 Å². The summed E-state index contributed by atoms with van der Waals surface area (Å²) in [5.74, 6) is -2.26. The highest BCUT2D eigenvalue weighted by atomic mass is 35.5. The minimum absolute atomic E-state index is 0.0220. The first-order chi connectivity index (χ1) is 25.6. The molecule has 2 aromatic carbocycles. The maximum Gasteiger partial charge on any atom is 0.416 e. The predicted molar refractivity (Wildman–Crippen MR) is 188 cm³/mol. The van der Waals surface area contributed by atoms with Gasteiger partial charge in [-0.2, -0.15) is 27.8 Å². The number of amides is 2. The highest BCUT2D eigenvalue weighted by Gasteiger charge is 2.32. The highest BCUT2D eigenvalue weighted by Crippen LogP contribution is 2.34. The predicted octanol–water partition coefficient (Wildman–Crippen LogP) is 4.22. The first-order valence-electron chi connectivity index (χ1n) is 16.5. The molecule has 6 aromatic rings. The summed E-state index contributed by atoms with van der Waals surface area (Å²) >= 11 is 6.12. The summed E-state index contributed by atoms with van der Waals surface area (Å²) in [5.41, 5.74) is -0.653. The summed E-state index contributed by atoms with van der Waals surface area (Å²) in [4.78, 5) is 56.8. The number of hydrogen-bond donors (Lipinski definition) is 2. The Morgan fingerprint density at radius 1 is 1.06 bits per heavy atom. The maximum absolute atomic E-state index is 15.1. The zero-order valence-corrected chi connectivity index (χ0v) is 29.6. The van der Waals surface area contributed by atoms with Crippen molar-refractivity contribution >= 4 is 51.5 Å². The molecule has 54 heavy (non-hydrogen) atoms. The van der Waals surface area contributed by atoms with E-state index in [1.54, 1.807) is 38.1 Å². The number of aromatic nitrogens is 8. The van der Waals surface area contributed by atoms with E-state index in [0.29, 0.717) is 17.1 Å². The maximum atomic E-state index is 15.1. The van der Waals surface area contributed by atoms with Crippen LogP contribution < -0.4 is 15.8 Å². The number of nitrogens with zero attached hydrogens (tertiary/aromatic N) is 10. The molecular weight excluding hydrogens is 738 g/mol. The molecule has 1 saturated heterocycles. The molecule has 7 rings (SSSR count). The second kappa shape index (κ2) is 13.7. The molecule has 1 aliphatic rings. The van der Waals surface area contributed by atoms with E-state index in [2.05, 4.69) is 30.5 Å². The average Bonchev–Trinajstić information content (AvgIpc) is 3.75. The molecule has 2 N–H and O–H groups in total. The molecule has 0 radical (unpaired) electrons. The Morgan fingerprint density at radius 2 is 1.80 bits per heavy atom. The van der Waals surface area contributed by atoms with Crippen LogP contribution in [-0.4, -0.2) is 86.9 Å². The second-order valence-electron chi connectivity index (χ2n) is 12.6. The minimum atomic E-state index is -4.65. The van der Waals surface area contributed by atoms with Gasteiger partial charge in [-0.05, 0) is 43.7 Å². The van der Waals surface area contributed by atoms with Gasteiger partial charge >= 0.3 is 6.18 Å². The molecule has 0 bridgehead atoms. The van der Waals surface area contributed by atoms with Crippen molar-refractivity contribution in [2.45, 2.75) is 33.0 Å². The van der Waals surface area contributed by atoms with Gasteiger partial charge in [0.15, 0.2) is 23.1 Å². The van der Waals surface area contributed by atoms with E-state index in [-0.39, 0.29) is 88.8 Å². The minimum Gasteiger partial charge on any atom is -0.504 e. The third-order valence-electron chi connectivity index (χ3n) is 9.06. The van der Waals surface area contributed by atoms with Crippen LogP contribution in [-0.2, 0) is 31.0 Å². The van der Waals surface area contributed by atoms with Crippen molar-refractivity contribution in [3.8, 4) is 17.1 Å². The molecule has 0 spiro atoms. The number of carbonyl (C=O) groups excluding carboxylic acids is 2. The summed E-state index contributed by atoms with van der Waals surface area (Å²) in [5, 5.41) is 21.6. The van der Waals surface area contributed by atoms with Crippen molar-refractivity contribution in [1.82, 2.24) is 43.8 Å². The van der Waals surface area contributed by atoms with E-state index in [4.69, 9.17) is 11.6 Å². The second-order valence-corrected chi connectivity index (χ2v) is 13.0. The molecule has 4 aromatic heterocycles. The van der Waals surface area contributed by atoms with Gasteiger partial charge in [-0.1, -0.05) is 18.5 Å². The quantitative estimate of drug-likeness (QED) is 0.225. The van der Waals surface area contributed by atoms with Crippen LogP contribution >= 0.6 is 11.6 Å². The molecule has 2 amide bonds. The Kier molecular flexibility index (Phi) is 9.20. The number of halogens is 5. The lowest BCUT2D eigenvalue weighted by Crippen LogP contribution is -2.51. The molecule has 0 unspecified atom stereocenters. The van der Waals surface area contributed by atoms with Crippen molar-refractivity contribution < 1.29 is 32.3 Å². The molecule has 15 nitrogen and oxygen atoms in total. The van der Waals surface area contributed by atoms with E-state index >= 15 is 4.39 Å². The Bertz CT molecular complexity index is 2540. The standard InChI is InChI=1S/C34H30ClF4N11O4/c1-4-24-28(47-7-9-48(10-8-47)31(53)27-29(52)17(2)40-16-41-27)32(54)50-33(43-30(45-50)18-11-19-14-46(3)44-26(19)22(36)12-18)49(24)15-25(51)42-23-6-5-20(13-21(23)35)34(37,38)39/h5-6,11-14,16,52H,4,7-10,15H2,1-3H3,(H,42,51). The molecule has 5 heterocycles. The number of nitrogens with one attached hydrogen (secondary N) is 1. The number of aromatic hydroxyl groups is 1. The molecule has 1 aliphatic heterocycles. The summed E-state index contributed by atoms with van der Waals surface area (Å²) in [6.45, 7) is 3.45. The first kappa shape index (κ1) is 36.3. The number of rotatable bonds is 7. The number of benzene rings is 2. The number of carbonyl (C=O) groups is 2. The van der Waals surface area contributed by atoms with Crippen LogP contribution in [0.1, 0.15) is 34.4 Å². The lowest BCUT2D eigenvalue weighted by atomic mass is 10.1. The fraction of sp³-hybridized carbons (Fsp3) is 0.294. The summed E-state index contributed by atoms with van der Waals surface area (Å²) in [6.07, 6.45) is -1.65. The van der Waals surface area contributed by atoms with Crippen molar-refractivity contribution in [2.24, 2.45) is 7.05 Å². The molecule has 280 valence electrons. The Balaban J connectivity index is 1.28. The van der Waals surface area contributed by atoms with E-state index in [1.165, 1.54) is 26.5 Å². The number of anilines is 2. The molecule has 0 saturated carbocycles.